The quantitative estimate of drug-likeness (QED) is 0.719. The molecule has 0 aromatic heterocycles. The van der Waals surface area contributed by atoms with Gasteiger partial charge in [0, 0.05) is 13.2 Å². The highest BCUT2D eigenvalue weighted by Gasteiger charge is 2.41. The number of amides is 1. The fraction of sp³-hybridized carbons (Fsp3) is 0.308. The lowest BCUT2D eigenvalue weighted by molar-refractivity contribution is -0.130. The van der Waals surface area contributed by atoms with Crippen LogP contribution < -0.4 is 0 Å². The first-order valence-corrected chi connectivity index (χ1v) is 5.23. The molecule has 2 nitrogen and oxygen atoms in total. The smallest absolute Gasteiger partial charge is 0.240 e. The normalized spacial score (nSPS) is 24.9. The minimum absolute atomic E-state index is 0.163. The Morgan fingerprint density at radius 1 is 1.27 bits per heavy atom. The number of nitrogens with zero attached hydrogens (tertiary/aromatic N) is 1. The van der Waals surface area contributed by atoms with Crippen molar-refractivity contribution in [2.45, 2.75) is 18.8 Å². The van der Waals surface area contributed by atoms with E-state index in [0.29, 0.717) is 0 Å². The van der Waals surface area contributed by atoms with Crippen LogP contribution in [0, 0.1) is 0 Å². The Morgan fingerprint density at radius 2 is 1.93 bits per heavy atom. The molecule has 1 atom stereocenters. The van der Waals surface area contributed by atoms with Crippen LogP contribution in [0.25, 0.3) is 0 Å². The van der Waals surface area contributed by atoms with E-state index in [4.69, 9.17) is 0 Å². The number of hydrogen-bond donors (Lipinski definition) is 0. The standard InChI is InChI=1S/C13H15NO/c1-3-13(9-10-14(2)12(13)15)11-7-5-4-6-8-11/h4-10H,3H2,1-2H3. The molecule has 0 aliphatic carbocycles. The first kappa shape index (κ1) is 9.97. The summed E-state index contributed by atoms with van der Waals surface area (Å²) in [5.74, 6) is 0.163. The van der Waals surface area contributed by atoms with E-state index in [-0.39, 0.29) is 5.91 Å². The van der Waals surface area contributed by atoms with Crippen LogP contribution in [-0.2, 0) is 10.2 Å². The Bertz CT molecular complexity index is 396. The predicted octanol–water partition coefficient (Wildman–Crippen LogP) is 2.32. The van der Waals surface area contributed by atoms with Crippen molar-refractivity contribution < 1.29 is 4.79 Å². The molecule has 2 rings (SSSR count). The van der Waals surface area contributed by atoms with Crippen molar-refractivity contribution in [3.05, 3.63) is 48.2 Å². The van der Waals surface area contributed by atoms with Gasteiger partial charge in [-0.3, -0.25) is 4.79 Å². The molecule has 0 saturated heterocycles. The Morgan fingerprint density at radius 3 is 2.40 bits per heavy atom. The summed E-state index contributed by atoms with van der Waals surface area (Å²) in [5, 5.41) is 0. The third kappa shape index (κ3) is 1.37. The zero-order valence-electron chi connectivity index (χ0n) is 9.10. The van der Waals surface area contributed by atoms with Crippen LogP contribution in [-0.4, -0.2) is 17.9 Å². The highest BCUT2D eigenvalue weighted by molar-refractivity contribution is 5.93. The first-order chi connectivity index (χ1) is 7.20. The summed E-state index contributed by atoms with van der Waals surface area (Å²) >= 11 is 0. The number of benzene rings is 1. The van der Waals surface area contributed by atoms with Gasteiger partial charge in [-0.05, 0) is 18.1 Å². The van der Waals surface area contributed by atoms with E-state index < -0.39 is 5.41 Å². The molecule has 0 N–H and O–H groups in total. The summed E-state index contributed by atoms with van der Waals surface area (Å²) in [6, 6.07) is 9.97. The zero-order chi connectivity index (χ0) is 10.9. The molecule has 1 amide bonds. The fourth-order valence-corrected chi connectivity index (χ4v) is 2.12. The van der Waals surface area contributed by atoms with Gasteiger partial charge in [-0.15, -0.1) is 0 Å². The Kier molecular flexibility index (Phi) is 2.35. The van der Waals surface area contributed by atoms with Crippen molar-refractivity contribution in [2.24, 2.45) is 0 Å². The maximum absolute atomic E-state index is 12.1. The van der Waals surface area contributed by atoms with Crippen molar-refractivity contribution in [1.29, 1.82) is 0 Å². The van der Waals surface area contributed by atoms with E-state index in [1.54, 1.807) is 11.9 Å². The summed E-state index contributed by atoms with van der Waals surface area (Å²) in [4.78, 5) is 13.8. The van der Waals surface area contributed by atoms with E-state index >= 15 is 0 Å². The topological polar surface area (TPSA) is 20.3 Å². The monoisotopic (exact) mass is 201 g/mol. The van der Waals surface area contributed by atoms with Gasteiger partial charge in [0.15, 0.2) is 0 Å². The van der Waals surface area contributed by atoms with Gasteiger partial charge in [-0.25, -0.2) is 0 Å². The molecule has 1 aromatic carbocycles. The molecule has 0 spiro atoms. The molecule has 0 bridgehead atoms. The van der Waals surface area contributed by atoms with Crippen molar-refractivity contribution in [1.82, 2.24) is 4.90 Å². The number of carbonyl (C=O) groups is 1. The van der Waals surface area contributed by atoms with Crippen LogP contribution in [0.15, 0.2) is 42.6 Å². The second kappa shape index (κ2) is 3.54. The highest BCUT2D eigenvalue weighted by atomic mass is 16.2. The second-order valence-electron chi connectivity index (χ2n) is 3.92. The van der Waals surface area contributed by atoms with Gasteiger partial charge in [0.05, 0.1) is 5.41 Å². The third-order valence-corrected chi connectivity index (χ3v) is 3.13. The molecule has 0 fully saturated rings. The summed E-state index contributed by atoms with van der Waals surface area (Å²) in [5.41, 5.74) is 0.647. The van der Waals surface area contributed by atoms with Crippen LogP contribution in [0.4, 0.5) is 0 Å². The van der Waals surface area contributed by atoms with Gasteiger partial charge in [0.25, 0.3) is 0 Å². The number of rotatable bonds is 2. The molecule has 1 unspecified atom stereocenters. The Labute approximate surface area is 90.2 Å². The zero-order valence-corrected chi connectivity index (χ0v) is 9.10. The maximum atomic E-state index is 12.1. The Hall–Kier alpha value is -1.57. The van der Waals surface area contributed by atoms with Gasteiger partial charge in [0.1, 0.15) is 0 Å². The molecule has 1 aromatic rings. The molecular weight excluding hydrogens is 186 g/mol. The summed E-state index contributed by atoms with van der Waals surface area (Å²) in [7, 11) is 1.80. The minimum Gasteiger partial charge on any atom is -0.321 e. The summed E-state index contributed by atoms with van der Waals surface area (Å²) < 4.78 is 0. The maximum Gasteiger partial charge on any atom is 0.240 e. The predicted molar refractivity (Wildman–Crippen MR) is 60.3 cm³/mol. The SMILES string of the molecule is CCC1(c2ccccc2)C=CN(C)C1=O. The lowest BCUT2D eigenvalue weighted by atomic mass is 9.78. The van der Waals surface area contributed by atoms with Crippen LogP contribution in [0.1, 0.15) is 18.9 Å². The van der Waals surface area contributed by atoms with E-state index in [9.17, 15) is 4.79 Å². The Balaban J connectivity index is 2.49. The molecule has 1 aliphatic heterocycles. The van der Waals surface area contributed by atoms with Gasteiger partial charge < -0.3 is 4.90 Å². The molecule has 78 valence electrons. The van der Waals surface area contributed by atoms with Gasteiger partial charge in [-0.2, -0.15) is 0 Å². The van der Waals surface area contributed by atoms with E-state index in [2.05, 4.69) is 6.92 Å². The largest absolute Gasteiger partial charge is 0.321 e. The third-order valence-electron chi connectivity index (χ3n) is 3.13. The molecule has 0 radical (unpaired) electrons. The average Bonchev–Trinajstić information content (AvgIpc) is 2.59. The van der Waals surface area contributed by atoms with Crippen LogP contribution in [0.5, 0.6) is 0 Å². The second-order valence-corrected chi connectivity index (χ2v) is 3.92. The summed E-state index contributed by atoms with van der Waals surface area (Å²) in [6.07, 6.45) is 4.67. The van der Waals surface area contributed by atoms with Crippen LogP contribution in [0.2, 0.25) is 0 Å². The molecule has 1 aliphatic rings. The molecule has 1 heterocycles. The van der Waals surface area contributed by atoms with Gasteiger partial charge in [0.2, 0.25) is 5.91 Å². The van der Waals surface area contributed by atoms with Gasteiger partial charge >= 0.3 is 0 Å². The first-order valence-electron chi connectivity index (χ1n) is 5.23. The molecular formula is C13H15NO. The number of hydrogen-bond acceptors (Lipinski definition) is 1. The lowest BCUT2D eigenvalue weighted by Gasteiger charge is -2.25. The van der Waals surface area contributed by atoms with E-state index in [0.717, 1.165) is 12.0 Å². The van der Waals surface area contributed by atoms with Crippen molar-refractivity contribution >= 4 is 5.91 Å². The number of carbonyl (C=O) groups excluding carboxylic acids is 1. The van der Waals surface area contributed by atoms with Crippen LogP contribution >= 0.6 is 0 Å². The number of likely N-dealkylation sites (N-methyl/N-ethyl adjacent to an activating group) is 1. The van der Waals surface area contributed by atoms with Gasteiger partial charge in [-0.1, -0.05) is 37.3 Å². The highest BCUT2D eigenvalue weighted by Crippen LogP contribution is 2.35. The fourth-order valence-electron chi connectivity index (χ4n) is 2.12. The van der Waals surface area contributed by atoms with Crippen molar-refractivity contribution in [2.75, 3.05) is 7.05 Å². The minimum atomic E-state index is -0.435. The summed E-state index contributed by atoms with van der Waals surface area (Å²) in [6.45, 7) is 2.05. The molecule has 2 heteroatoms. The average molecular weight is 201 g/mol. The van der Waals surface area contributed by atoms with Crippen molar-refractivity contribution in [3.63, 3.8) is 0 Å². The lowest BCUT2D eigenvalue weighted by Crippen LogP contribution is -2.36. The molecule has 0 saturated carbocycles. The van der Waals surface area contributed by atoms with E-state index in [1.165, 1.54) is 0 Å². The molecule has 15 heavy (non-hydrogen) atoms. The van der Waals surface area contributed by atoms with Crippen LogP contribution in [0.3, 0.4) is 0 Å². The van der Waals surface area contributed by atoms with E-state index in [1.807, 2.05) is 42.6 Å². The van der Waals surface area contributed by atoms with Crippen molar-refractivity contribution in [3.8, 4) is 0 Å².